The van der Waals surface area contributed by atoms with Crippen LogP contribution in [0.25, 0.3) is 0 Å². The van der Waals surface area contributed by atoms with Crippen LogP contribution in [0.15, 0.2) is 11.6 Å². The number of carbonyl (C=O) groups excluding carboxylic acids is 1. The summed E-state index contributed by atoms with van der Waals surface area (Å²) in [6.07, 6.45) is 5.13. The lowest BCUT2D eigenvalue weighted by atomic mass is 9.83. The van der Waals surface area contributed by atoms with Crippen molar-refractivity contribution in [3.63, 3.8) is 0 Å². The molecule has 0 unspecified atom stereocenters. The maximum atomic E-state index is 12.2. The Bertz CT molecular complexity index is 410. The molecule has 1 aliphatic rings. The fraction of sp³-hybridized carbons (Fsp3) is 0.750. The molecule has 1 rings (SSSR count). The summed E-state index contributed by atoms with van der Waals surface area (Å²) in [5.41, 5.74) is 1.49. The molecule has 0 aliphatic carbocycles. The van der Waals surface area contributed by atoms with Crippen LogP contribution in [-0.4, -0.2) is 41.1 Å². The first-order chi connectivity index (χ1) is 9.75. The zero-order valence-electron chi connectivity index (χ0n) is 13.6. The van der Waals surface area contributed by atoms with Gasteiger partial charge in [-0.05, 0) is 18.3 Å². The van der Waals surface area contributed by atoms with E-state index in [2.05, 4.69) is 32.2 Å². The van der Waals surface area contributed by atoms with E-state index < -0.39 is 12.0 Å². The van der Waals surface area contributed by atoms with Crippen molar-refractivity contribution in [1.29, 1.82) is 0 Å². The van der Waals surface area contributed by atoms with E-state index in [4.69, 9.17) is 5.11 Å². The zero-order chi connectivity index (χ0) is 16.0. The summed E-state index contributed by atoms with van der Waals surface area (Å²) < 4.78 is 0. The number of aliphatic carboxylic acids is 1. The summed E-state index contributed by atoms with van der Waals surface area (Å²) in [6, 6.07) is -1.06. The minimum Gasteiger partial charge on any atom is -0.480 e. The predicted molar refractivity (Wildman–Crippen MR) is 83.2 cm³/mol. The lowest BCUT2D eigenvalue weighted by Crippen LogP contribution is -2.49. The van der Waals surface area contributed by atoms with Crippen LogP contribution < -0.4 is 5.32 Å². The number of unbranched alkanes of at least 4 members (excludes halogenated alkanes) is 1. The van der Waals surface area contributed by atoms with Gasteiger partial charge in [0.05, 0.1) is 0 Å². The third-order valence-corrected chi connectivity index (χ3v) is 3.90. The van der Waals surface area contributed by atoms with Crippen molar-refractivity contribution in [3.05, 3.63) is 11.6 Å². The van der Waals surface area contributed by atoms with Gasteiger partial charge in [0.25, 0.3) is 0 Å². The number of rotatable bonds is 5. The van der Waals surface area contributed by atoms with E-state index in [9.17, 15) is 9.59 Å². The third kappa shape index (κ3) is 5.40. The smallest absolute Gasteiger partial charge is 0.326 e. The summed E-state index contributed by atoms with van der Waals surface area (Å²) in [5, 5.41) is 11.8. The molecule has 0 bridgehead atoms. The molecule has 0 aromatic heterocycles. The topological polar surface area (TPSA) is 69.6 Å². The van der Waals surface area contributed by atoms with Crippen molar-refractivity contribution in [2.24, 2.45) is 5.41 Å². The average molecular weight is 296 g/mol. The lowest BCUT2D eigenvalue weighted by Gasteiger charge is -2.32. The molecule has 0 spiro atoms. The van der Waals surface area contributed by atoms with Crippen LogP contribution in [-0.2, 0) is 4.79 Å². The Balaban J connectivity index is 2.57. The Labute approximate surface area is 127 Å². The summed E-state index contributed by atoms with van der Waals surface area (Å²) in [7, 11) is 0. The van der Waals surface area contributed by atoms with E-state index in [1.807, 2.05) is 6.92 Å². The van der Waals surface area contributed by atoms with Gasteiger partial charge in [0.15, 0.2) is 0 Å². The number of hydrogen-bond donors (Lipinski definition) is 2. The molecule has 0 aromatic rings. The highest BCUT2D eigenvalue weighted by Crippen LogP contribution is 2.30. The highest BCUT2D eigenvalue weighted by Gasteiger charge is 2.26. The minimum atomic E-state index is -0.959. The molecular weight excluding hydrogens is 268 g/mol. The predicted octanol–water partition coefficient (Wildman–Crippen LogP) is 3.02. The van der Waals surface area contributed by atoms with Crippen molar-refractivity contribution in [2.45, 2.75) is 59.4 Å². The van der Waals surface area contributed by atoms with Crippen molar-refractivity contribution in [2.75, 3.05) is 13.1 Å². The molecule has 0 radical (unpaired) electrons. The number of hydrogen-bond acceptors (Lipinski definition) is 2. The molecule has 1 heterocycles. The van der Waals surface area contributed by atoms with Gasteiger partial charge < -0.3 is 15.3 Å². The molecule has 0 aromatic carbocycles. The van der Waals surface area contributed by atoms with Gasteiger partial charge in [-0.2, -0.15) is 0 Å². The minimum absolute atomic E-state index is 0.132. The Morgan fingerprint density at radius 1 is 1.43 bits per heavy atom. The second kappa shape index (κ2) is 7.48. The number of urea groups is 1. The number of nitrogens with one attached hydrogen (secondary N) is 1. The van der Waals surface area contributed by atoms with Gasteiger partial charge in [-0.1, -0.05) is 52.2 Å². The number of amides is 2. The Hall–Kier alpha value is -1.52. The maximum Gasteiger partial charge on any atom is 0.326 e. The second-order valence-electron chi connectivity index (χ2n) is 6.66. The first kappa shape index (κ1) is 17.5. The van der Waals surface area contributed by atoms with Crippen LogP contribution in [0.4, 0.5) is 4.79 Å². The second-order valence-corrected chi connectivity index (χ2v) is 6.66. The molecule has 0 fully saturated rings. The van der Waals surface area contributed by atoms with Gasteiger partial charge in [0.2, 0.25) is 0 Å². The van der Waals surface area contributed by atoms with Crippen LogP contribution in [0.5, 0.6) is 0 Å². The van der Waals surface area contributed by atoms with Crippen molar-refractivity contribution < 1.29 is 14.7 Å². The van der Waals surface area contributed by atoms with Gasteiger partial charge in [-0.15, -0.1) is 0 Å². The summed E-state index contributed by atoms with van der Waals surface area (Å²) in [6.45, 7) is 9.71. The van der Waals surface area contributed by atoms with Crippen LogP contribution in [0.1, 0.15) is 53.4 Å². The summed E-state index contributed by atoms with van der Waals surface area (Å²) in [5.74, 6) is -0.959. The van der Waals surface area contributed by atoms with Gasteiger partial charge in [0.1, 0.15) is 6.04 Å². The normalized spacial score (nSPS) is 17.1. The highest BCUT2D eigenvalue weighted by molar-refractivity contribution is 5.82. The molecule has 1 atom stereocenters. The molecule has 2 N–H and O–H groups in total. The SMILES string of the molecule is CCCC[C@H](NC(=O)N1CC=C(C(C)(C)C)CC1)C(=O)O. The molecule has 5 nitrogen and oxygen atoms in total. The van der Waals surface area contributed by atoms with Gasteiger partial charge >= 0.3 is 12.0 Å². The Morgan fingerprint density at radius 2 is 2.10 bits per heavy atom. The van der Waals surface area contributed by atoms with E-state index in [1.54, 1.807) is 4.90 Å². The first-order valence-corrected chi connectivity index (χ1v) is 7.73. The van der Waals surface area contributed by atoms with Crippen LogP contribution in [0, 0.1) is 5.41 Å². The van der Waals surface area contributed by atoms with Crippen molar-refractivity contribution in [3.8, 4) is 0 Å². The first-order valence-electron chi connectivity index (χ1n) is 7.73. The highest BCUT2D eigenvalue weighted by atomic mass is 16.4. The third-order valence-electron chi connectivity index (χ3n) is 3.90. The van der Waals surface area contributed by atoms with Gasteiger partial charge in [-0.3, -0.25) is 0 Å². The molecule has 120 valence electrons. The summed E-state index contributed by atoms with van der Waals surface area (Å²) >= 11 is 0. The van der Waals surface area contributed by atoms with E-state index in [0.29, 0.717) is 19.5 Å². The molecule has 1 aliphatic heterocycles. The molecule has 5 heteroatoms. The van der Waals surface area contributed by atoms with Gasteiger partial charge in [0, 0.05) is 13.1 Å². The quantitative estimate of drug-likeness (QED) is 0.766. The molecular formula is C16H28N2O3. The monoisotopic (exact) mass is 296 g/mol. The lowest BCUT2D eigenvalue weighted by molar-refractivity contribution is -0.139. The number of carboxylic acids is 1. The molecule has 21 heavy (non-hydrogen) atoms. The molecule has 2 amide bonds. The van der Waals surface area contributed by atoms with Crippen molar-refractivity contribution in [1.82, 2.24) is 10.2 Å². The Morgan fingerprint density at radius 3 is 2.52 bits per heavy atom. The Kier molecular flexibility index (Phi) is 6.24. The largest absolute Gasteiger partial charge is 0.480 e. The van der Waals surface area contributed by atoms with E-state index >= 15 is 0 Å². The summed E-state index contributed by atoms with van der Waals surface area (Å²) in [4.78, 5) is 25.0. The van der Waals surface area contributed by atoms with Crippen LogP contribution in [0.3, 0.4) is 0 Å². The number of carboxylic acid groups (broad SMARTS) is 1. The van der Waals surface area contributed by atoms with E-state index in [1.165, 1.54) is 5.57 Å². The standard InChI is InChI=1S/C16H28N2O3/c1-5-6-7-13(14(19)20)17-15(21)18-10-8-12(9-11-18)16(2,3)4/h8,13H,5-7,9-11H2,1-4H3,(H,17,21)(H,19,20)/t13-/m0/s1. The zero-order valence-corrected chi connectivity index (χ0v) is 13.6. The fourth-order valence-electron chi connectivity index (χ4n) is 2.44. The molecule has 0 saturated carbocycles. The number of carbonyl (C=O) groups is 2. The van der Waals surface area contributed by atoms with Crippen molar-refractivity contribution >= 4 is 12.0 Å². The van der Waals surface area contributed by atoms with Crippen LogP contribution >= 0.6 is 0 Å². The maximum absolute atomic E-state index is 12.2. The number of nitrogens with zero attached hydrogens (tertiary/aromatic N) is 1. The van der Waals surface area contributed by atoms with Gasteiger partial charge in [-0.25, -0.2) is 9.59 Å². The molecule has 0 saturated heterocycles. The fourth-order valence-corrected chi connectivity index (χ4v) is 2.44. The van der Waals surface area contributed by atoms with E-state index in [-0.39, 0.29) is 11.4 Å². The van der Waals surface area contributed by atoms with Crippen LogP contribution in [0.2, 0.25) is 0 Å². The average Bonchev–Trinajstić information content (AvgIpc) is 2.42. The van der Waals surface area contributed by atoms with E-state index in [0.717, 1.165) is 19.3 Å².